The first kappa shape index (κ1) is 18.1. The Morgan fingerprint density at radius 3 is 2.79 bits per heavy atom. The quantitative estimate of drug-likeness (QED) is 0.776. The van der Waals surface area contributed by atoms with Gasteiger partial charge in [0, 0.05) is 25.6 Å². The van der Waals surface area contributed by atoms with Crippen LogP contribution in [0.15, 0.2) is 30.3 Å². The molecule has 2 rings (SSSR count). The van der Waals surface area contributed by atoms with Crippen molar-refractivity contribution >= 4 is 12.1 Å². The summed E-state index contributed by atoms with van der Waals surface area (Å²) in [6.45, 7) is 2.00. The lowest BCUT2D eigenvalue weighted by molar-refractivity contribution is -0.00798. The molecule has 0 radical (unpaired) electrons. The summed E-state index contributed by atoms with van der Waals surface area (Å²) in [6.07, 6.45) is 1.24. The van der Waals surface area contributed by atoms with Gasteiger partial charge in [-0.3, -0.25) is 0 Å². The highest BCUT2D eigenvalue weighted by Crippen LogP contribution is 2.32. The lowest BCUT2D eigenvalue weighted by Gasteiger charge is -2.36. The number of carbonyl (C=O) groups excluding carboxylic acids is 2. The van der Waals surface area contributed by atoms with Gasteiger partial charge in [0.25, 0.3) is 0 Å². The molecule has 7 nitrogen and oxygen atoms in total. The average molecular weight is 335 g/mol. The highest BCUT2D eigenvalue weighted by molar-refractivity contribution is 5.72. The fourth-order valence-corrected chi connectivity index (χ4v) is 3.02. The van der Waals surface area contributed by atoms with Gasteiger partial charge in [-0.1, -0.05) is 30.3 Å². The summed E-state index contributed by atoms with van der Waals surface area (Å²) in [4.78, 5) is 24.2. The zero-order valence-corrected chi connectivity index (χ0v) is 13.9. The van der Waals surface area contributed by atoms with Crippen LogP contribution in [-0.2, 0) is 9.47 Å². The average Bonchev–Trinajstić information content (AvgIpc) is 2.62. The molecule has 0 unspecified atom stereocenters. The normalized spacial score (nSPS) is 18.7. The van der Waals surface area contributed by atoms with E-state index in [2.05, 4.69) is 10.1 Å². The molecular weight excluding hydrogens is 310 g/mol. The van der Waals surface area contributed by atoms with Crippen molar-refractivity contribution in [3.63, 3.8) is 0 Å². The summed E-state index contributed by atoms with van der Waals surface area (Å²) in [5.41, 5.74) is 6.49. The molecule has 0 aliphatic carbocycles. The van der Waals surface area contributed by atoms with E-state index in [0.29, 0.717) is 26.2 Å². The van der Waals surface area contributed by atoms with Crippen molar-refractivity contribution in [3.8, 4) is 0 Å². The Morgan fingerprint density at radius 2 is 2.12 bits per heavy atom. The summed E-state index contributed by atoms with van der Waals surface area (Å²) in [7, 11) is 1.32. The lowest BCUT2D eigenvalue weighted by Crippen LogP contribution is -2.44. The van der Waals surface area contributed by atoms with Crippen LogP contribution in [0.4, 0.5) is 9.59 Å². The van der Waals surface area contributed by atoms with E-state index in [4.69, 9.17) is 10.5 Å². The van der Waals surface area contributed by atoms with Crippen LogP contribution >= 0.6 is 0 Å². The minimum absolute atomic E-state index is 0.146. The predicted octanol–water partition coefficient (Wildman–Crippen LogP) is 1.89. The summed E-state index contributed by atoms with van der Waals surface area (Å²) in [6, 6.07) is 9.53. The molecule has 132 valence electrons. The molecule has 1 aliphatic rings. The van der Waals surface area contributed by atoms with Gasteiger partial charge in [-0.05, 0) is 18.4 Å². The number of ether oxygens (including phenoxy) is 2. The number of hydrogen-bond donors (Lipinski definition) is 2. The van der Waals surface area contributed by atoms with Crippen molar-refractivity contribution < 1.29 is 19.1 Å². The molecule has 3 amide bonds. The summed E-state index contributed by atoms with van der Waals surface area (Å²) >= 11 is 0. The number of nitrogens with two attached hydrogens (primary N) is 1. The third-order valence-corrected chi connectivity index (χ3v) is 4.18. The van der Waals surface area contributed by atoms with Crippen molar-refractivity contribution in [2.45, 2.75) is 18.9 Å². The van der Waals surface area contributed by atoms with E-state index >= 15 is 0 Å². The maximum Gasteiger partial charge on any atom is 0.406 e. The number of alkyl carbamates (subject to hydrolysis) is 1. The number of hydrogen-bond acceptors (Lipinski definition) is 4. The number of nitrogens with zero attached hydrogens (tertiary/aromatic N) is 1. The zero-order chi connectivity index (χ0) is 17.4. The molecule has 0 spiro atoms. The van der Waals surface area contributed by atoms with E-state index in [1.165, 1.54) is 7.11 Å². The Labute approximate surface area is 142 Å². The molecule has 1 aromatic rings. The fourth-order valence-electron chi connectivity index (χ4n) is 3.02. The van der Waals surface area contributed by atoms with Gasteiger partial charge in [-0.25, -0.2) is 9.59 Å². The van der Waals surface area contributed by atoms with Crippen LogP contribution in [0.1, 0.15) is 24.5 Å². The van der Waals surface area contributed by atoms with Crippen LogP contribution in [0.2, 0.25) is 0 Å². The van der Waals surface area contributed by atoms with Crippen LogP contribution in [0, 0.1) is 5.92 Å². The molecule has 3 N–H and O–H groups in total. The predicted molar refractivity (Wildman–Crippen MR) is 89.4 cm³/mol. The number of carbonyl (C=O) groups is 2. The highest BCUT2D eigenvalue weighted by Gasteiger charge is 2.30. The van der Waals surface area contributed by atoms with Gasteiger partial charge >= 0.3 is 12.1 Å². The van der Waals surface area contributed by atoms with E-state index in [1.54, 1.807) is 4.90 Å². The second-order valence-corrected chi connectivity index (χ2v) is 5.81. The minimum atomic E-state index is -0.479. The third kappa shape index (κ3) is 5.13. The van der Waals surface area contributed by atoms with E-state index in [9.17, 15) is 9.59 Å². The van der Waals surface area contributed by atoms with Crippen LogP contribution in [0.25, 0.3) is 0 Å². The van der Waals surface area contributed by atoms with Gasteiger partial charge in [-0.15, -0.1) is 0 Å². The zero-order valence-electron chi connectivity index (χ0n) is 13.9. The van der Waals surface area contributed by atoms with Gasteiger partial charge < -0.3 is 25.4 Å². The molecule has 1 heterocycles. The number of nitrogens with one attached hydrogen (secondary N) is 1. The Balaban J connectivity index is 2.00. The Bertz CT molecular complexity index is 538. The Hall–Kier alpha value is -2.28. The molecule has 1 aromatic carbocycles. The standard InChI is InChI=1S/C17H25N3O4/c1-23-17(22)19-9-11-24-15(13-6-3-2-4-7-13)14-8-5-10-20(12-14)16(18)21/h2-4,6-7,14-15H,5,8-12H2,1H3,(H2,18,21)(H,19,22)/t14-,15+/m1/s1. The summed E-state index contributed by atoms with van der Waals surface area (Å²) in [5, 5.41) is 2.60. The third-order valence-electron chi connectivity index (χ3n) is 4.18. The van der Waals surface area contributed by atoms with Gasteiger partial charge in [0.1, 0.15) is 0 Å². The Morgan fingerprint density at radius 1 is 1.38 bits per heavy atom. The number of piperidine rings is 1. The summed E-state index contributed by atoms with van der Waals surface area (Å²) in [5.74, 6) is 0.173. The first-order chi connectivity index (χ1) is 11.6. The Kier molecular flexibility index (Phi) is 6.87. The van der Waals surface area contributed by atoms with E-state index < -0.39 is 6.09 Å². The van der Waals surface area contributed by atoms with Gasteiger partial charge in [0.2, 0.25) is 0 Å². The van der Waals surface area contributed by atoms with E-state index in [-0.39, 0.29) is 18.1 Å². The molecule has 0 saturated carbocycles. The number of methoxy groups -OCH3 is 1. The molecule has 24 heavy (non-hydrogen) atoms. The molecule has 0 bridgehead atoms. The minimum Gasteiger partial charge on any atom is -0.453 e. The molecule has 1 fully saturated rings. The van der Waals surface area contributed by atoms with Crippen molar-refractivity contribution in [2.24, 2.45) is 11.7 Å². The maximum absolute atomic E-state index is 11.5. The number of urea groups is 1. The number of amides is 3. The largest absolute Gasteiger partial charge is 0.453 e. The van der Waals surface area contributed by atoms with E-state index in [1.807, 2.05) is 30.3 Å². The number of rotatable bonds is 6. The smallest absolute Gasteiger partial charge is 0.406 e. The molecule has 0 aromatic heterocycles. The topological polar surface area (TPSA) is 93.9 Å². The highest BCUT2D eigenvalue weighted by atomic mass is 16.5. The summed E-state index contributed by atoms with van der Waals surface area (Å²) < 4.78 is 10.6. The van der Waals surface area contributed by atoms with Gasteiger partial charge in [0.05, 0.1) is 19.8 Å². The molecule has 1 saturated heterocycles. The van der Waals surface area contributed by atoms with Crippen molar-refractivity contribution in [1.29, 1.82) is 0 Å². The van der Waals surface area contributed by atoms with Gasteiger partial charge in [-0.2, -0.15) is 0 Å². The second-order valence-electron chi connectivity index (χ2n) is 5.81. The molecule has 7 heteroatoms. The van der Waals surface area contributed by atoms with Crippen LogP contribution in [0.3, 0.4) is 0 Å². The van der Waals surface area contributed by atoms with Crippen molar-refractivity contribution in [1.82, 2.24) is 10.2 Å². The number of primary amides is 1. The second kappa shape index (κ2) is 9.12. The first-order valence-electron chi connectivity index (χ1n) is 8.14. The number of likely N-dealkylation sites (tertiary alicyclic amines) is 1. The SMILES string of the molecule is COC(=O)NCCO[C@@H](c1ccccc1)[C@@H]1CCCN(C(N)=O)C1. The van der Waals surface area contributed by atoms with Crippen LogP contribution in [-0.4, -0.2) is 50.4 Å². The monoisotopic (exact) mass is 335 g/mol. The molecular formula is C17H25N3O4. The number of benzene rings is 1. The van der Waals surface area contributed by atoms with Crippen LogP contribution < -0.4 is 11.1 Å². The lowest BCUT2D eigenvalue weighted by atomic mass is 9.88. The van der Waals surface area contributed by atoms with Gasteiger partial charge in [0.15, 0.2) is 0 Å². The maximum atomic E-state index is 11.5. The van der Waals surface area contributed by atoms with Crippen molar-refractivity contribution in [2.75, 3.05) is 33.4 Å². The molecule has 1 aliphatic heterocycles. The molecule has 2 atom stereocenters. The first-order valence-corrected chi connectivity index (χ1v) is 8.14. The van der Waals surface area contributed by atoms with Crippen molar-refractivity contribution in [3.05, 3.63) is 35.9 Å². The van der Waals surface area contributed by atoms with Crippen LogP contribution in [0.5, 0.6) is 0 Å². The fraction of sp³-hybridized carbons (Fsp3) is 0.529. The van der Waals surface area contributed by atoms with E-state index in [0.717, 1.165) is 18.4 Å².